The van der Waals surface area contributed by atoms with Gasteiger partial charge in [-0.1, -0.05) is 5.21 Å². The van der Waals surface area contributed by atoms with Gasteiger partial charge >= 0.3 is 0 Å². The summed E-state index contributed by atoms with van der Waals surface area (Å²) in [6.07, 6.45) is 1.68. The Hall–Kier alpha value is -2.00. The van der Waals surface area contributed by atoms with Gasteiger partial charge in [0.2, 0.25) is 10.0 Å². The SMILES string of the molecule is COC(CS(=O)(=O)Nc1nnn(-c2ccc(F)cc2)c1C)C1CC1. The number of aromatic nitrogens is 3. The van der Waals surface area contributed by atoms with Crippen LogP contribution in [0.3, 0.4) is 0 Å². The van der Waals surface area contributed by atoms with Crippen molar-refractivity contribution in [2.75, 3.05) is 17.6 Å². The van der Waals surface area contributed by atoms with Crippen molar-refractivity contribution in [3.63, 3.8) is 0 Å². The van der Waals surface area contributed by atoms with Gasteiger partial charge in [0.05, 0.1) is 23.2 Å². The Kier molecular flexibility index (Phi) is 4.55. The lowest BCUT2D eigenvalue weighted by molar-refractivity contribution is 0.103. The van der Waals surface area contributed by atoms with Crippen molar-refractivity contribution in [1.29, 1.82) is 0 Å². The van der Waals surface area contributed by atoms with Gasteiger partial charge in [0, 0.05) is 7.11 Å². The van der Waals surface area contributed by atoms with Crippen molar-refractivity contribution in [1.82, 2.24) is 15.0 Å². The Bertz CT molecular complexity index is 816. The maximum Gasteiger partial charge on any atom is 0.236 e. The van der Waals surface area contributed by atoms with Gasteiger partial charge in [-0.25, -0.2) is 17.5 Å². The van der Waals surface area contributed by atoms with Gasteiger partial charge in [0.1, 0.15) is 5.82 Å². The zero-order chi connectivity index (χ0) is 17.3. The van der Waals surface area contributed by atoms with Crippen LogP contribution in [0.2, 0.25) is 0 Å². The van der Waals surface area contributed by atoms with Gasteiger partial charge in [0.25, 0.3) is 0 Å². The highest BCUT2D eigenvalue weighted by Gasteiger charge is 2.35. The Balaban J connectivity index is 1.77. The second kappa shape index (κ2) is 6.48. The molecule has 7 nitrogen and oxygen atoms in total. The first-order valence-electron chi connectivity index (χ1n) is 7.61. The minimum atomic E-state index is -3.60. The third kappa shape index (κ3) is 3.73. The fourth-order valence-corrected chi connectivity index (χ4v) is 3.93. The van der Waals surface area contributed by atoms with E-state index in [9.17, 15) is 12.8 Å². The second-order valence-corrected chi connectivity index (χ2v) is 7.67. The third-order valence-corrected chi connectivity index (χ3v) is 5.32. The fourth-order valence-electron chi connectivity index (χ4n) is 2.52. The average molecular weight is 354 g/mol. The van der Waals surface area contributed by atoms with Crippen LogP contribution in [0.15, 0.2) is 24.3 Å². The summed E-state index contributed by atoms with van der Waals surface area (Å²) in [4.78, 5) is 0. The number of benzene rings is 1. The number of sulfonamides is 1. The summed E-state index contributed by atoms with van der Waals surface area (Å²) in [5.41, 5.74) is 1.12. The maximum atomic E-state index is 13.0. The summed E-state index contributed by atoms with van der Waals surface area (Å²) in [5, 5.41) is 7.81. The van der Waals surface area contributed by atoms with E-state index in [-0.39, 0.29) is 23.5 Å². The number of ether oxygens (including phenoxy) is 1. The van der Waals surface area contributed by atoms with E-state index >= 15 is 0 Å². The highest BCUT2D eigenvalue weighted by Crippen LogP contribution is 2.34. The van der Waals surface area contributed by atoms with Crippen molar-refractivity contribution in [2.45, 2.75) is 25.9 Å². The molecule has 1 atom stereocenters. The molecule has 2 aromatic rings. The van der Waals surface area contributed by atoms with Crippen LogP contribution < -0.4 is 4.72 Å². The lowest BCUT2D eigenvalue weighted by Gasteiger charge is -2.15. The van der Waals surface area contributed by atoms with Gasteiger partial charge in [-0.15, -0.1) is 5.10 Å². The van der Waals surface area contributed by atoms with E-state index in [1.54, 1.807) is 19.1 Å². The summed E-state index contributed by atoms with van der Waals surface area (Å²) in [6, 6.07) is 5.70. The Morgan fingerprint density at radius 2 is 2.04 bits per heavy atom. The van der Waals surface area contributed by atoms with Gasteiger partial charge in [-0.2, -0.15) is 0 Å². The van der Waals surface area contributed by atoms with E-state index in [0.717, 1.165) is 12.8 Å². The largest absolute Gasteiger partial charge is 0.380 e. The molecule has 1 saturated carbocycles. The normalized spacial score (nSPS) is 16.1. The molecule has 0 amide bonds. The predicted molar refractivity (Wildman–Crippen MR) is 87.0 cm³/mol. The quantitative estimate of drug-likeness (QED) is 0.820. The lowest BCUT2D eigenvalue weighted by atomic mass is 10.3. The summed E-state index contributed by atoms with van der Waals surface area (Å²) < 4.78 is 46.8. The Morgan fingerprint density at radius 3 is 2.62 bits per heavy atom. The number of halogens is 1. The third-order valence-electron chi connectivity index (χ3n) is 4.05. The lowest BCUT2D eigenvalue weighted by Crippen LogP contribution is -2.29. The first kappa shape index (κ1) is 16.8. The smallest absolute Gasteiger partial charge is 0.236 e. The number of nitrogens with zero attached hydrogens (tertiary/aromatic N) is 3. The molecule has 1 unspecified atom stereocenters. The number of anilines is 1. The van der Waals surface area contributed by atoms with Gasteiger partial charge in [-0.3, -0.25) is 4.72 Å². The second-order valence-electron chi connectivity index (χ2n) is 5.91. The van der Waals surface area contributed by atoms with Crippen molar-refractivity contribution >= 4 is 15.8 Å². The van der Waals surface area contributed by atoms with Gasteiger partial charge in [0.15, 0.2) is 5.82 Å². The standard InChI is InChI=1S/C15H19FN4O3S/c1-10-15(17-19-20(10)13-7-5-12(16)6-8-13)18-24(21,22)9-14(23-2)11-3-4-11/h5-8,11,14,18H,3-4,9H2,1-2H3. The van der Waals surface area contributed by atoms with E-state index in [1.165, 1.54) is 23.9 Å². The summed E-state index contributed by atoms with van der Waals surface area (Å²) >= 11 is 0. The molecule has 9 heteroatoms. The van der Waals surface area contributed by atoms with Crippen molar-refractivity contribution in [3.05, 3.63) is 35.8 Å². The number of hydrogen-bond donors (Lipinski definition) is 1. The molecular formula is C15H19FN4O3S. The van der Waals surface area contributed by atoms with Crippen LogP contribution in [0, 0.1) is 18.7 Å². The molecule has 130 valence electrons. The molecule has 1 aromatic heterocycles. The molecule has 1 fully saturated rings. The van der Waals surface area contributed by atoms with Crippen LogP contribution in [0.5, 0.6) is 0 Å². The highest BCUT2D eigenvalue weighted by atomic mass is 32.2. The molecule has 1 aromatic carbocycles. The average Bonchev–Trinajstić information content (AvgIpc) is 3.32. The van der Waals surface area contributed by atoms with E-state index in [2.05, 4.69) is 15.0 Å². The van der Waals surface area contributed by atoms with Crippen LogP contribution in [0.4, 0.5) is 10.2 Å². The van der Waals surface area contributed by atoms with Crippen molar-refractivity contribution < 1.29 is 17.5 Å². The highest BCUT2D eigenvalue weighted by molar-refractivity contribution is 7.92. The molecule has 1 N–H and O–H groups in total. The van der Waals surface area contributed by atoms with Gasteiger partial charge < -0.3 is 4.74 Å². The maximum absolute atomic E-state index is 13.0. The van der Waals surface area contributed by atoms with Crippen LogP contribution in [-0.4, -0.2) is 42.4 Å². The van der Waals surface area contributed by atoms with Crippen molar-refractivity contribution in [2.24, 2.45) is 5.92 Å². The Morgan fingerprint density at radius 1 is 1.38 bits per heavy atom. The molecule has 24 heavy (non-hydrogen) atoms. The first-order chi connectivity index (χ1) is 11.4. The molecule has 0 radical (unpaired) electrons. The van der Waals surface area contributed by atoms with E-state index < -0.39 is 10.0 Å². The van der Waals surface area contributed by atoms with Crippen LogP contribution in [0.25, 0.3) is 5.69 Å². The van der Waals surface area contributed by atoms with E-state index in [1.807, 2.05) is 0 Å². The van der Waals surface area contributed by atoms with Crippen LogP contribution in [0.1, 0.15) is 18.5 Å². The molecule has 3 rings (SSSR count). The molecule has 1 heterocycles. The summed E-state index contributed by atoms with van der Waals surface area (Å²) in [6.45, 7) is 1.69. The van der Waals surface area contributed by atoms with E-state index in [4.69, 9.17) is 4.74 Å². The van der Waals surface area contributed by atoms with Gasteiger partial charge in [-0.05, 0) is 49.9 Å². The predicted octanol–water partition coefficient (Wildman–Crippen LogP) is 1.88. The Labute approximate surface area is 139 Å². The minimum absolute atomic E-state index is 0.114. The summed E-state index contributed by atoms with van der Waals surface area (Å²) in [7, 11) is -2.08. The number of rotatable bonds is 7. The minimum Gasteiger partial charge on any atom is -0.380 e. The van der Waals surface area contributed by atoms with Crippen molar-refractivity contribution in [3.8, 4) is 5.69 Å². The number of hydrogen-bond acceptors (Lipinski definition) is 5. The first-order valence-corrected chi connectivity index (χ1v) is 9.26. The monoisotopic (exact) mass is 354 g/mol. The summed E-state index contributed by atoms with van der Waals surface area (Å²) in [5.74, 6) is -0.00697. The molecular weight excluding hydrogens is 335 g/mol. The zero-order valence-corrected chi connectivity index (χ0v) is 14.3. The molecule has 1 aliphatic carbocycles. The molecule has 1 aliphatic rings. The fraction of sp³-hybridized carbons (Fsp3) is 0.467. The molecule has 0 saturated heterocycles. The van der Waals surface area contributed by atoms with Crippen LogP contribution >= 0.6 is 0 Å². The van der Waals surface area contributed by atoms with E-state index in [0.29, 0.717) is 17.3 Å². The topological polar surface area (TPSA) is 86.1 Å². The number of nitrogens with one attached hydrogen (secondary N) is 1. The zero-order valence-electron chi connectivity index (χ0n) is 13.4. The van der Waals surface area contributed by atoms with Crippen LogP contribution in [-0.2, 0) is 14.8 Å². The molecule has 0 spiro atoms. The molecule has 0 aliphatic heterocycles. The molecule has 0 bridgehead atoms. The number of methoxy groups -OCH3 is 1.